The molecular weight excluding hydrogens is 296 g/mol. The molecule has 0 radical (unpaired) electrons. The summed E-state index contributed by atoms with van der Waals surface area (Å²) in [6.07, 6.45) is 3.60. The molecule has 4 nitrogen and oxygen atoms in total. The van der Waals surface area contributed by atoms with Crippen LogP contribution in [0.4, 0.5) is 0 Å². The Bertz CT molecular complexity index is 799. The average molecular weight is 318 g/mol. The van der Waals surface area contributed by atoms with Crippen LogP contribution in [0.5, 0.6) is 0 Å². The highest BCUT2D eigenvalue weighted by Gasteiger charge is 2.37. The zero-order valence-electron chi connectivity index (χ0n) is 13.3. The van der Waals surface area contributed by atoms with Gasteiger partial charge in [-0.2, -0.15) is 4.31 Å². The molecule has 1 aliphatic heterocycles. The summed E-state index contributed by atoms with van der Waals surface area (Å²) in [6.45, 7) is 6.74. The second-order valence-corrected chi connectivity index (χ2v) is 8.27. The summed E-state index contributed by atoms with van der Waals surface area (Å²) in [5.41, 5.74) is 1.60. The van der Waals surface area contributed by atoms with E-state index >= 15 is 0 Å². The zero-order valence-corrected chi connectivity index (χ0v) is 14.1. The largest absolute Gasteiger partial charge is 0.255 e. The van der Waals surface area contributed by atoms with Crippen LogP contribution in [0.2, 0.25) is 0 Å². The van der Waals surface area contributed by atoms with E-state index in [2.05, 4.69) is 18.8 Å². The van der Waals surface area contributed by atoms with Gasteiger partial charge in [-0.05, 0) is 43.4 Å². The van der Waals surface area contributed by atoms with Crippen LogP contribution in [0.3, 0.4) is 0 Å². The molecule has 0 amide bonds. The lowest BCUT2D eigenvalue weighted by atomic mass is 10.0. The van der Waals surface area contributed by atoms with E-state index in [1.165, 1.54) is 0 Å². The molecule has 1 atom stereocenters. The van der Waals surface area contributed by atoms with Gasteiger partial charge in [0.15, 0.2) is 0 Å². The van der Waals surface area contributed by atoms with Crippen LogP contribution in [0, 0.1) is 12.8 Å². The van der Waals surface area contributed by atoms with Crippen molar-refractivity contribution < 1.29 is 8.42 Å². The number of rotatable bonds is 3. The van der Waals surface area contributed by atoms with Crippen molar-refractivity contribution in [3.63, 3.8) is 0 Å². The van der Waals surface area contributed by atoms with Crippen molar-refractivity contribution >= 4 is 20.9 Å². The predicted molar refractivity (Wildman–Crippen MR) is 88.2 cm³/mol. The maximum Gasteiger partial charge on any atom is 0.245 e. The maximum atomic E-state index is 13.1. The Morgan fingerprint density at radius 1 is 1.32 bits per heavy atom. The third-order valence-electron chi connectivity index (χ3n) is 4.42. The van der Waals surface area contributed by atoms with Gasteiger partial charge in [0.2, 0.25) is 10.0 Å². The standard InChI is InChI=1S/C17H22N2O2S/c1-12(2)15-7-5-9-19(15)22(20,21)16-8-4-6-14-10-13(3)11-18-17(14)16/h4,6,8,10-12,15H,5,7,9H2,1-3H3. The molecule has 0 saturated carbocycles. The summed E-state index contributed by atoms with van der Waals surface area (Å²) in [6, 6.07) is 7.46. The third-order valence-corrected chi connectivity index (χ3v) is 6.37. The van der Waals surface area contributed by atoms with Crippen LogP contribution in [0.1, 0.15) is 32.3 Å². The molecule has 2 aromatic rings. The Labute approximate surface area is 132 Å². The van der Waals surface area contributed by atoms with Crippen molar-refractivity contribution in [3.8, 4) is 0 Å². The predicted octanol–water partition coefficient (Wildman–Crippen LogP) is 3.35. The highest BCUT2D eigenvalue weighted by molar-refractivity contribution is 7.89. The molecule has 118 valence electrons. The van der Waals surface area contributed by atoms with Gasteiger partial charge in [-0.1, -0.05) is 26.0 Å². The number of nitrogens with zero attached hydrogens (tertiary/aromatic N) is 2. The van der Waals surface area contributed by atoms with E-state index in [0.717, 1.165) is 23.8 Å². The first-order valence-electron chi connectivity index (χ1n) is 7.78. The number of hydrogen-bond acceptors (Lipinski definition) is 3. The van der Waals surface area contributed by atoms with Crippen molar-refractivity contribution in [2.75, 3.05) is 6.54 Å². The van der Waals surface area contributed by atoms with Gasteiger partial charge in [0.1, 0.15) is 4.90 Å². The second-order valence-electron chi connectivity index (χ2n) is 6.41. The molecule has 1 fully saturated rings. The van der Waals surface area contributed by atoms with Crippen molar-refractivity contribution in [1.82, 2.24) is 9.29 Å². The Balaban J connectivity index is 2.14. The Morgan fingerprint density at radius 2 is 2.09 bits per heavy atom. The van der Waals surface area contributed by atoms with Gasteiger partial charge >= 0.3 is 0 Å². The Kier molecular flexibility index (Phi) is 3.95. The highest BCUT2D eigenvalue weighted by atomic mass is 32.2. The molecule has 1 aromatic heterocycles. The molecule has 5 heteroatoms. The van der Waals surface area contributed by atoms with E-state index in [0.29, 0.717) is 22.9 Å². The molecule has 0 bridgehead atoms. The number of aromatic nitrogens is 1. The minimum Gasteiger partial charge on any atom is -0.255 e. The molecular formula is C17H22N2O2S. The van der Waals surface area contributed by atoms with Gasteiger partial charge in [-0.3, -0.25) is 4.98 Å². The quantitative estimate of drug-likeness (QED) is 0.872. The minimum atomic E-state index is -3.50. The van der Waals surface area contributed by atoms with Gasteiger partial charge in [0.05, 0.1) is 5.52 Å². The average Bonchev–Trinajstić information content (AvgIpc) is 2.96. The van der Waals surface area contributed by atoms with E-state index in [1.807, 2.05) is 19.1 Å². The number of sulfonamides is 1. The fourth-order valence-corrected chi connectivity index (χ4v) is 5.30. The normalized spacial score (nSPS) is 20.1. The molecule has 22 heavy (non-hydrogen) atoms. The number of aryl methyl sites for hydroxylation is 1. The first kappa shape index (κ1) is 15.4. The van der Waals surface area contributed by atoms with Crippen molar-refractivity contribution in [1.29, 1.82) is 0 Å². The van der Waals surface area contributed by atoms with E-state index in [1.54, 1.807) is 22.6 Å². The van der Waals surface area contributed by atoms with Crippen molar-refractivity contribution in [2.45, 2.75) is 44.6 Å². The summed E-state index contributed by atoms with van der Waals surface area (Å²) in [7, 11) is -3.50. The van der Waals surface area contributed by atoms with Crippen LogP contribution < -0.4 is 0 Å². The van der Waals surface area contributed by atoms with Crippen LogP contribution >= 0.6 is 0 Å². The SMILES string of the molecule is Cc1cnc2c(S(=O)(=O)N3CCCC3C(C)C)cccc2c1. The molecule has 1 aliphatic rings. The van der Waals surface area contributed by atoms with Crippen molar-refractivity contribution in [2.24, 2.45) is 5.92 Å². The molecule has 1 unspecified atom stereocenters. The molecule has 0 spiro atoms. The summed E-state index contributed by atoms with van der Waals surface area (Å²) < 4.78 is 27.9. The van der Waals surface area contributed by atoms with Crippen LogP contribution in [0.15, 0.2) is 35.4 Å². The lowest BCUT2D eigenvalue weighted by Gasteiger charge is -2.27. The number of benzene rings is 1. The Morgan fingerprint density at radius 3 is 2.82 bits per heavy atom. The zero-order chi connectivity index (χ0) is 15.9. The van der Waals surface area contributed by atoms with E-state index in [4.69, 9.17) is 0 Å². The number of pyridine rings is 1. The lowest BCUT2D eigenvalue weighted by molar-refractivity contribution is 0.316. The second kappa shape index (κ2) is 5.63. The first-order chi connectivity index (χ1) is 10.4. The third kappa shape index (κ3) is 2.52. The van der Waals surface area contributed by atoms with E-state index in [9.17, 15) is 8.42 Å². The van der Waals surface area contributed by atoms with Gasteiger partial charge in [0.25, 0.3) is 0 Å². The fourth-order valence-electron chi connectivity index (χ4n) is 3.31. The number of hydrogen-bond donors (Lipinski definition) is 0. The Hall–Kier alpha value is -1.46. The van der Waals surface area contributed by atoms with E-state index in [-0.39, 0.29) is 6.04 Å². The summed E-state index contributed by atoms with van der Waals surface area (Å²) in [4.78, 5) is 4.71. The van der Waals surface area contributed by atoms with Gasteiger partial charge in [0, 0.05) is 24.2 Å². The summed E-state index contributed by atoms with van der Waals surface area (Å²) >= 11 is 0. The fraction of sp³-hybridized carbons (Fsp3) is 0.471. The minimum absolute atomic E-state index is 0.0886. The number of fused-ring (bicyclic) bond motifs is 1. The van der Waals surface area contributed by atoms with Crippen LogP contribution in [0.25, 0.3) is 10.9 Å². The smallest absolute Gasteiger partial charge is 0.245 e. The van der Waals surface area contributed by atoms with Gasteiger partial charge in [-0.25, -0.2) is 8.42 Å². The number of para-hydroxylation sites is 1. The van der Waals surface area contributed by atoms with Crippen molar-refractivity contribution in [3.05, 3.63) is 36.0 Å². The maximum absolute atomic E-state index is 13.1. The molecule has 0 N–H and O–H groups in total. The molecule has 1 aromatic carbocycles. The molecule has 3 rings (SSSR count). The van der Waals surface area contributed by atoms with Crippen LogP contribution in [-0.4, -0.2) is 30.3 Å². The molecule has 1 saturated heterocycles. The highest BCUT2D eigenvalue weighted by Crippen LogP contribution is 2.32. The van der Waals surface area contributed by atoms with Gasteiger partial charge in [-0.15, -0.1) is 0 Å². The summed E-state index contributed by atoms with van der Waals surface area (Å²) in [5.74, 6) is 0.322. The first-order valence-corrected chi connectivity index (χ1v) is 9.22. The topological polar surface area (TPSA) is 50.3 Å². The van der Waals surface area contributed by atoms with E-state index < -0.39 is 10.0 Å². The van der Waals surface area contributed by atoms with Gasteiger partial charge < -0.3 is 0 Å². The lowest BCUT2D eigenvalue weighted by Crippen LogP contribution is -2.38. The van der Waals surface area contributed by atoms with Crippen LogP contribution in [-0.2, 0) is 10.0 Å². The monoisotopic (exact) mass is 318 g/mol. The summed E-state index contributed by atoms with van der Waals surface area (Å²) in [5, 5.41) is 0.876. The molecule has 2 heterocycles. The molecule has 0 aliphatic carbocycles.